The predicted molar refractivity (Wildman–Crippen MR) is 96.7 cm³/mol. The first kappa shape index (κ1) is 20.9. The van der Waals surface area contributed by atoms with Gasteiger partial charge < -0.3 is 5.32 Å². The summed E-state index contributed by atoms with van der Waals surface area (Å²) in [6.07, 6.45) is 9.64. The summed E-state index contributed by atoms with van der Waals surface area (Å²) in [7, 11) is 2.11. The Balaban J connectivity index is 0.000000547. The summed E-state index contributed by atoms with van der Waals surface area (Å²) in [4.78, 5) is 2.25. The summed E-state index contributed by atoms with van der Waals surface area (Å²) >= 11 is 0. The Morgan fingerprint density at radius 2 is 1.48 bits per heavy atom. The van der Waals surface area contributed by atoms with Crippen LogP contribution in [-0.4, -0.2) is 31.7 Å². The summed E-state index contributed by atoms with van der Waals surface area (Å²) in [5.74, 6) is 0. The summed E-state index contributed by atoms with van der Waals surface area (Å²) in [5, 5.41) is 3.20. The third kappa shape index (κ3) is 8.83. The highest BCUT2D eigenvalue weighted by Gasteiger charge is 2.35. The van der Waals surface area contributed by atoms with Crippen molar-refractivity contribution < 1.29 is 0 Å². The predicted octanol–water partition coefficient (Wildman–Crippen LogP) is 5.29. The topological polar surface area (TPSA) is 15.3 Å². The Kier molecular flexibility index (Phi) is 10.6. The second-order valence-corrected chi connectivity index (χ2v) is 8.07. The third-order valence-electron chi connectivity index (χ3n) is 5.41. The van der Waals surface area contributed by atoms with Gasteiger partial charge in [-0.1, -0.05) is 73.6 Å². The van der Waals surface area contributed by atoms with Gasteiger partial charge in [-0.3, -0.25) is 4.90 Å². The Hall–Kier alpha value is -0.0800. The van der Waals surface area contributed by atoms with Crippen molar-refractivity contribution in [3.05, 3.63) is 0 Å². The van der Waals surface area contributed by atoms with Crippen LogP contribution in [0.15, 0.2) is 0 Å². The average Bonchev–Trinajstić information content (AvgIpc) is 2.86. The monoisotopic (exact) mass is 298 g/mol. The number of likely N-dealkylation sites (N-methyl/N-ethyl adjacent to an activating group) is 1. The number of unbranched alkanes of at least 4 members (excludes halogenated alkanes) is 3. The number of nitrogens with one attached hydrogen (secondary N) is 1. The molecule has 0 radical (unpaired) electrons. The molecule has 0 amide bonds. The van der Waals surface area contributed by atoms with Gasteiger partial charge in [0.15, 0.2) is 0 Å². The molecule has 128 valence electrons. The molecular formula is C19H42N2. The lowest BCUT2D eigenvalue weighted by Crippen LogP contribution is -2.32. The zero-order chi connectivity index (χ0) is 16.4. The standard InChI is InChI=1S/C15H32.C4H10N2/c1-7-9-10-11-13-15(5,6)14(3,4)12-8-2;1-6-3-2-5-4-6/h7-13H2,1-6H3;5H,2-4H2,1H3. The van der Waals surface area contributed by atoms with Crippen LogP contribution in [0.5, 0.6) is 0 Å². The van der Waals surface area contributed by atoms with Crippen LogP contribution in [0, 0.1) is 10.8 Å². The molecule has 0 saturated carbocycles. The lowest BCUT2D eigenvalue weighted by Gasteiger charge is -2.42. The van der Waals surface area contributed by atoms with Gasteiger partial charge in [-0.25, -0.2) is 0 Å². The molecule has 1 saturated heterocycles. The van der Waals surface area contributed by atoms with Gasteiger partial charge in [0, 0.05) is 19.8 Å². The lowest BCUT2D eigenvalue weighted by atomic mass is 9.63. The fourth-order valence-electron chi connectivity index (χ4n) is 2.91. The van der Waals surface area contributed by atoms with E-state index in [2.05, 4.69) is 58.8 Å². The van der Waals surface area contributed by atoms with Crippen LogP contribution in [0.1, 0.15) is 86.5 Å². The molecule has 1 rings (SSSR count). The summed E-state index contributed by atoms with van der Waals surface area (Å²) in [6, 6.07) is 0. The number of nitrogens with zero attached hydrogens (tertiary/aromatic N) is 1. The van der Waals surface area contributed by atoms with Gasteiger partial charge in [0.05, 0.1) is 0 Å². The van der Waals surface area contributed by atoms with Crippen molar-refractivity contribution in [3.63, 3.8) is 0 Å². The molecule has 0 unspecified atom stereocenters. The van der Waals surface area contributed by atoms with Crippen molar-refractivity contribution in [2.75, 3.05) is 26.8 Å². The van der Waals surface area contributed by atoms with Gasteiger partial charge in [-0.2, -0.15) is 0 Å². The highest BCUT2D eigenvalue weighted by atomic mass is 15.3. The molecule has 0 aromatic rings. The molecule has 0 spiro atoms. The fraction of sp³-hybridized carbons (Fsp3) is 1.00. The van der Waals surface area contributed by atoms with E-state index >= 15 is 0 Å². The first-order chi connectivity index (χ1) is 9.77. The van der Waals surface area contributed by atoms with Crippen LogP contribution in [-0.2, 0) is 0 Å². The van der Waals surface area contributed by atoms with Crippen LogP contribution >= 0.6 is 0 Å². The maximum absolute atomic E-state index is 3.20. The first-order valence-corrected chi connectivity index (χ1v) is 9.16. The normalized spacial score (nSPS) is 16.7. The molecule has 1 aliphatic heterocycles. The van der Waals surface area contributed by atoms with Crippen LogP contribution < -0.4 is 5.32 Å². The van der Waals surface area contributed by atoms with Crippen molar-refractivity contribution in [1.29, 1.82) is 0 Å². The summed E-state index contributed by atoms with van der Waals surface area (Å²) < 4.78 is 0. The minimum absolute atomic E-state index is 0.494. The molecule has 2 heteroatoms. The van der Waals surface area contributed by atoms with E-state index in [0.29, 0.717) is 10.8 Å². The Labute approximate surface area is 135 Å². The van der Waals surface area contributed by atoms with E-state index in [1.54, 1.807) is 0 Å². The minimum atomic E-state index is 0.494. The maximum Gasteiger partial charge on any atom is 0.0478 e. The molecule has 21 heavy (non-hydrogen) atoms. The molecule has 0 aromatic carbocycles. The number of hydrogen-bond acceptors (Lipinski definition) is 2. The van der Waals surface area contributed by atoms with Gasteiger partial charge in [-0.15, -0.1) is 0 Å². The van der Waals surface area contributed by atoms with Crippen LogP contribution in [0.25, 0.3) is 0 Å². The van der Waals surface area contributed by atoms with Crippen LogP contribution in [0.3, 0.4) is 0 Å². The molecule has 1 aliphatic rings. The van der Waals surface area contributed by atoms with E-state index in [-0.39, 0.29) is 0 Å². The minimum Gasteiger partial charge on any atom is -0.303 e. The van der Waals surface area contributed by atoms with Gasteiger partial charge in [0.2, 0.25) is 0 Å². The van der Waals surface area contributed by atoms with E-state index in [1.807, 2.05) is 0 Å². The maximum atomic E-state index is 3.20. The van der Waals surface area contributed by atoms with Crippen molar-refractivity contribution in [2.24, 2.45) is 10.8 Å². The van der Waals surface area contributed by atoms with Gasteiger partial charge >= 0.3 is 0 Å². The molecule has 1 fully saturated rings. The van der Waals surface area contributed by atoms with E-state index < -0.39 is 0 Å². The molecule has 2 nitrogen and oxygen atoms in total. The largest absolute Gasteiger partial charge is 0.303 e. The average molecular weight is 299 g/mol. The summed E-state index contributed by atoms with van der Waals surface area (Å²) in [5.41, 5.74) is 0.991. The van der Waals surface area contributed by atoms with E-state index in [1.165, 1.54) is 51.5 Å². The molecule has 0 bridgehead atoms. The van der Waals surface area contributed by atoms with Crippen molar-refractivity contribution in [3.8, 4) is 0 Å². The molecule has 0 aromatic heterocycles. The van der Waals surface area contributed by atoms with E-state index in [4.69, 9.17) is 0 Å². The van der Waals surface area contributed by atoms with Crippen LogP contribution in [0.4, 0.5) is 0 Å². The number of hydrogen-bond donors (Lipinski definition) is 1. The third-order valence-corrected chi connectivity index (χ3v) is 5.41. The van der Waals surface area contributed by atoms with Crippen molar-refractivity contribution >= 4 is 0 Å². The molecule has 1 heterocycles. The van der Waals surface area contributed by atoms with Crippen LogP contribution in [0.2, 0.25) is 0 Å². The second-order valence-electron chi connectivity index (χ2n) is 8.07. The molecule has 0 atom stereocenters. The quantitative estimate of drug-likeness (QED) is 0.613. The van der Waals surface area contributed by atoms with Gasteiger partial charge in [0.1, 0.15) is 0 Å². The molecule has 0 aliphatic carbocycles. The smallest absolute Gasteiger partial charge is 0.0478 e. The highest BCUT2D eigenvalue weighted by Crippen LogP contribution is 2.45. The molecular weight excluding hydrogens is 256 g/mol. The first-order valence-electron chi connectivity index (χ1n) is 9.16. The Morgan fingerprint density at radius 3 is 1.86 bits per heavy atom. The zero-order valence-corrected chi connectivity index (χ0v) is 16.0. The van der Waals surface area contributed by atoms with Crippen molar-refractivity contribution in [2.45, 2.75) is 86.5 Å². The zero-order valence-electron chi connectivity index (χ0n) is 16.0. The van der Waals surface area contributed by atoms with Gasteiger partial charge in [-0.05, 0) is 30.7 Å². The SMILES string of the molecule is CCCCCCC(C)(C)C(C)(C)CCC.CN1CCNC1. The highest BCUT2D eigenvalue weighted by molar-refractivity contribution is 4.85. The summed E-state index contributed by atoms with van der Waals surface area (Å²) in [6.45, 7) is 17.8. The Bertz CT molecular complexity index is 240. The molecule has 1 N–H and O–H groups in total. The van der Waals surface area contributed by atoms with E-state index in [0.717, 1.165) is 13.2 Å². The van der Waals surface area contributed by atoms with Gasteiger partial charge in [0.25, 0.3) is 0 Å². The van der Waals surface area contributed by atoms with E-state index in [9.17, 15) is 0 Å². The van der Waals surface area contributed by atoms with Crippen molar-refractivity contribution in [1.82, 2.24) is 10.2 Å². The lowest BCUT2D eigenvalue weighted by molar-refractivity contribution is 0.0838. The second kappa shape index (κ2) is 10.6. The Morgan fingerprint density at radius 1 is 0.857 bits per heavy atom. The number of rotatable bonds is 8. The fourth-order valence-corrected chi connectivity index (χ4v) is 2.91.